The maximum atomic E-state index is 7.25. The minimum Gasteiger partial charge on any atom is -0.120 e. The Labute approximate surface area is 54.0 Å². The summed E-state index contributed by atoms with van der Waals surface area (Å²) in [5, 5.41) is 0. The van der Waals surface area contributed by atoms with E-state index >= 15 is 0 Å². The normalized spacial score (nSPS) is 1.00. The number of rotatable bonds is 0. The Morgan fingerprint density at radius 3 is 1.25 bits per heavy atom. The zero-order chi connectivity index (χ0) is 2.00. The second-order valence-corrected chi connectivity index (χ2v) is 0. The minimum absolute atomic E-state index is 0. The fourth-order valence-electron chi connectivity index (χ4n) is 0. The van der Waals surface area contributed by atoms with Gasteiger partial charge >= 0.3 is 0 Å². The number of hydrogen-bond donors (Lipinski definition) is 0. The molecule has 0 aromatic rings. The molecule has 0 aliphatic rings. The molecule has 0 saturated heterocycles. The van der Waals surface area contributed by atoms with Gasteiger partial charge in [-0.2, -0.15) is 0 Å². The van der Waals surface area contributed by atoms with E-state index in [1.165, 1.54) is 0 Å². The first-order valence-corrected chi connectivity index (χ1v) is 0.183. The summed E-state index contributed by atoms with van der Waals surface area (Å²) in [6.07, 6.45) is 0. The first-order valence-electron chi connectivity index (χ1n) is 0.183. The van der Waals surface area contributed by atoms with Crippen molar-refractivity contribution in [1.29, 1.82) is 0 Å². The fraction of sp³-hybridized carbons (Fsp3) is 0. The van der Waals surface area contributed by atoms with Gasteiger partial charge in [0, 0.05) is 43.7 Å². The molecule has 4 heavy (non-hydrogen) atoms. The van der Waals surface area contributed by atoms with Gasteiger partial charge < -0.3 is 0 Å². The monoisotopic (exact) mass is 147 g/mol. The molecule has 0 aromatic heterocycles. The first-order chi connectivity index (χ1) is 1.00. The summed E-state index contributed by atoms with van der Waals surface area (Å²) in [6, 6.07) is 0. The topological polar surface area (TPSA) is 39.4 Å². The molecular weight excluding hydrogens is 147 g/mol. The zero-order valence-electron chi connectivity index (χ0n) is 1.93. The van der Waals surface area contributed by atoms with Gasteiger partial charge in [0.2, 0.25) is 0 Å². The Morgan fingerprint density at radius 1 is 1.25 bits per heavy atom. The number of hydrogen-bond acceptors (Lipinski definition) is 1. The van der Waals surface area contributed by atoms with E-state index in [4.69, 9.17) is 10.5 Å². The van der Waals surface area contributed by atoms with Gasteiger partial charge in [0.05, 0.1) is 0 Å². The van der Waals surface area contributed by atoms with Gasteiger partial charge in [-0.05, 0) is 0 Å². The standard InChI is InChI=1S/NO.Si.Y/c1-2;;. The van der Waals surface area contributed by atoms with Crippen LogP contribution in [0.2, 0.25) is 0 Å². The number of nitroso groups, excluding NO2 is 1. The zero-order valence-corrected chi connectivity index (χ0v) is 5.77. The second-order valence-electron chi connectivity index (χ2n) is 0. The van der Waals surface area contributed by atoms with Crippen molar-refractivity contribution in [3.8, 4) is 0 Å². The van der Waals surface area contributed by atoms with E-state index in [9.17, 15) is 0 Å². The first kappa shape index (κ1) is 20.5. The van der Waals surface area contributed by atoms with Crippen LogP contribution in [0.4, 0.5) is 0 Å². The SMILES string of the molecule is [N]=O.[Si].[Y]. The van der Waals surface area contributed by atoms with Crippen molar-refractivity contribution >= 4 is 11.0 Å². The molecule has 0 rings (SSSR count). The van der Waals surface area contributed by atoms with Gasteiger partial charge in [0.25, 0.3) is 0 Å². The molecule has 4 heteroatoms. The summed E-state index contributed by atoms with van der Waals surface area (Å²) < 4.78 is 0. The van der Waals surface area contributed by atoms with Crippen LogP contribution in [0, 0.1) is 4.91 Å². The summed E-state index contributed by atoms with van der Waals surface area (Å²) in [4.78, 5) is 7.25. The van der Waals surface area contributed by atoms with Crippen LogP contribution in [0.25, 0.3) is 0 Å². The molecule has 0 aliphatic heterocycles. The molecule has 18 valence electrons. The van der Waals surface area contributed by atoms with Crippen LogP contribution in [-0.4, -0.2) is 11.0 Å². The molecular formula is NOSiY. The van der Waals surface area contributed by atoms with Gasteiger partial charge in [0.15, 0.2) is 0 Å². The van der Waals surface area contributed by atoms with Crippen LogP contribution in [-0.2, 0) is 32.7 Å². The fourth-order valence-corrected chi connectivity index (χ4v) is 0. The van der Waals surface area contributed by atoms with Crippen LogP contribution < -0.4 is 5.59 Å². The molecule has 0 aliphatic carbocycles. The van der Waals surface area contributed by atoms with Crippen LogP contribution in [0.1, 0.15) is 0 Å². The number of nitrogens with zero attached hydrogens (tertiary/aromatic N) is 1. The predicted octanol–water partition coefficient (Wildman–Crippen LogP) is -0.830. The third kappa shape index (κ3) is 12.7. The summed E-state index contributed by atoms with van der Waals surface area (Å²) >= 11 is 0. The van der Waals surface area contributed by atoms with Gasteiger partial charge in [-0.15, -0.1) is 4.91 Å². The molecule has 0 saturated carbocycles. The van der Waals surface area contributed by atoms with Crippen molar-refractivity contribution in [2.45, 2.75) is 0 Å². The van der Waals surface area contributed by atoms with Crippen LogP contribution in [0.3, 0.4) is 0 Å². The molecule has 0 fully saturated rings. The molecule has 0 atom stereocenters. The molecule has 0 bridgehead atoms. The van der Waals surface area contributed by atoms with Crippen molar-refractivity contribution in [1.82, 2.24) is 5.59 Å². The molecule has 0 aromatic carbocycles. The van der Waals surface area contributed by atoms with Gasteiger partial charge in [-0.3, -0.25) is 0 Å². The maximum Gasteiger partial charge on any atom is 0.120 e. The van der Waals surface area contributed by atoms with E-state index in [0.717, 1.165) is 0 Å². The quantitative estimate of drug-likeness (QED) is 0.412. The van der Waals surface area contributed by atoms with Crippen LogP contribution in [0.5, 0.6) is 0 Å². The summed E-state index contributed by atoms with van der Waals surface area (Å²) in [5.41, 5.74) is 5.75. The summed E-state index contributed by atoms with van der Waals surface area (Å²) in [7, 11) is 0. The van der Waals surface area contributed by atoms with E-state index < -0.39 is 0 Å². The Hall–Kier alpha value is 0.921. The average molecular weight is 147 g/mol. The Bertz CT molecular complexity index is 8.00. The molecule has 0 spiro atoms. The predicted molar refractivity (Wildman–Crippen MR) is 11.3 cm³/mol. The van der Waals surface area contributed by atoms with E-state index in [0.29, 0.717) is 0 Å². The van der Waals surface area contributed by atoms with E-state index in [1.54, 1.807) is 0 Å². The Kier molecular flexibility index (Phi) is 202. The Balaban J connectivity index is -0.00000000500. The maximum absolute atomic E-state index is 7.25. The molecule has 0 amide bonds. The van der Waals surface area contributed by atoms with Crippen molar-refractivity contribution in [2.75, 3.05) is 0 Å². The summed E-state index contributed by atoms with van der Waals surface area (Å²) in [5.74, 6) is 0. The second kappa shape index (κ2) is 39.5. The molecule has 0 heterocycles. The van der Waals surface area contributed by atoms with Crippen LogP contribution in [0.15, 0.2) is 0 Å². The van der Waals surface area contributed by atoms with E-state index in [-0.39, 0.29) is 43.7 Å². The average Bonchev–Trinajstić information content (AvgIpc) is 1.00. The summed E-state index contributed by atoms with van der Waals surface area (Å²) in [6.45, 7) is 0. The van der Waals surface area contributed by atoms with Gasteiger partial charge in [-0.25, -0.2) is 0 Å². The van der Waals surface area contributed by atoms with Crippen molar-refractivity contribution in [3.63, 3.8) is 0 Å². The molecule has 0 unspecified atom stereocenters. The third-order valence-corrected chi connectivity index (χ3v) is 0. The Morgan fingerprint density at radius 2 is 1.25 bits per heavy atom. The molecule has 2 nitrogen and oxygen atoms in total. The smallest absolute Gasteiger partial charge is 0.120 e. The van der Waals surface area contributed by atoms with Crippen molar-refractivity contribution in [2.24, 2.45) is 0 Å². The van der Waals surface area contributed by atoms with Gasteiger partial charge in [-0.1, -0.05) is 0 Å². The van der Waals surface area contributed by atoms with E-state index in [1.807, 2.05) is 0 Å². The molecule has 6 radical (unpaired) electrons. The van der Waals surface area contributed by atoms with Crippen molar-refractivity contribution in [3.05, 3.63) is 4.91 Å². The minimum atomic E-state index is 0. The van der Waals surface area contributed by atoms with Gasteiger partial charge in [0.1, 0.15) is 5.59 Å². The molecule has 0 N–H and O–H groups in total. The van der Waals surface area contributed by atoms with Crippen molar-refractivity contribution < 1.29 is 32.7 Å². The van der Waals surface area contributed by atoms with Crippen LogP contribution >= 0.6 is 0 Å². The van der Waals surface area contributed by atoms with E-state index in [2.05, 4.69) is 0 Å². The third-order valence-electron chi connectivity index (χ3n) is 0. The largest absolute Gasteiger partial charge is 0.120 e.